The van der Waals surface area contributed by atoms with Gasteiger partial charge in [0.05, 0.1) is 22.3 Å². The molecular formula is C19H19N3O3S2. The highest BCUT2D eigenvalue weighted by Gasteiger charge is 2.27. The van der Waals surface area contributed by atoms with Gasteiger partial charge in [-0.05, 0) is 43.2 Å². The van der Waals surface area contributed by atoms with Crippen LogP contribution < -0.4 is 5.32 Å². The molecule has 0 unspecified atom stereocenters. The Morgan fingerprint density at radius 2 is 1.89 bits per heavy atom. The van der Waals surface area contributed by atoms with E-state index < -0.39 is 10.0 Å². The van der Waals surface area contributed by atoms with Crippen molar-refractivity contribution in [2.75, 3.05) is 24.2 Å². The maximum absolute atomic E-state index is 12.7. The van der Waals surface area contributed by atoms with Gasteiger partial charge in [0.15, 0.2) is 0 Å². The molecule has 1 amide bonds. The van der Waals surface area contributed by atoms with Crippen LogP contribution in [0.15, 0.2) is 58.3 Å². The van der Waals surface area contributed by atoms with Gasteiger partial charge in [0.1, 0.15) is 0 Å². The molecule has 0 bridgehead atoms. The number of benzene rings is 2. The Bertz CT molecular complexity index is 978. The van der Waals surface area contributed by atoms with E-state index in [2.05, 4.69) is 5.32 Å². The Morgan fingerprint density at radius 1 is 1.15 bits per heavy atom. The van der Waals surface area contributed by atoms with Gasteiger partial charge in [-0.25, -0.2) is 8.42 Å². The molecule has 1 fully saturated rings. The van der Waals surface area contributed by atoms with Gasteiger partial charge >= 0.3 is 0 Å². The molecule has 1 N–H and O–H groups in total. The predicted octanol–water partition coefficient (Wildman–Crippen LogP) is 3.34. The number of nitrogens with one attached hydrogen (secondary N) is 1. The van der Waals surface area contributed by atoms with Crippen molar-refractivity contribution < 1.29 is 13.2 Å². The average Bonchev–Trinajstić information content (AvgIpc) is 3.22. The molecule has 140 valence electrons. The highest BCUT2D eigenvalue weighted by atomic mass is 32.2. The Balaban J connectivity index is 1.81. The molecular weight excluding hydrogens is 382 g/mol. The zero-order valence-corrected chi connectivity index (χ0v) is 16.2. The van der Waals surface area contributed by atoms with Crippen LogP contribution in [0.5, 0.6) is 0 Å². The van der Waals surface area contributed by atoms with Crippen molar-refractivity contribution in [2.24, 2.45) is 0 Å². The van der Waals surface area contributed by atoms with E-state index in [0.717, 1.165) is 12.8 Å². The second-order valence-corrected chi connectivity index (χ2v) is 8.99. The van der Waals surface area contributed by atoms with Crippen LogP contribution in [0.2, 0.25) is 0 Å². The second kappa shape index (κ2) is 8.57. The third-order valence-electron chi connectivity index (χ3n) is 4.22. The van der Waals surface area contributed by atoms with E-state index in [1.165, 1.54) is 22.1 Å². The van der Waals surface area contributed by atoms with Crippen LogP contribution in [-0.4, -0.2) is 37.5 Å². The lowest BCUT2D eigenvalue weighted by Gasteiger charge is -2.16. The fraction of sp³-hybridized carbons (Fsp3) is 0.263. The topological polar surface area (TPSA) is 90.3 Å². The van der Waals surface area contributed by atoms with Crippen molar-refractivity contribution >= 4 is 33.4 Å². The Labute approximate surface area is 163 Å². The van der Waals surface area contributed by atoms with E-state index in [0.29, 0.717) is 29.2 Å². The van der Waals surface area contributed by atoms with E-state index in [-0.39, 0.29) is 16.6 Å². The largest absolute Gasteiger partial charge is 0.322 e. The number of rotatable bonds is 6. The zero-order valence-electron chi connectivity index (χ0n) is 14.6. The zero-order chi connectivity index (χ0) is 19.3. The molecule has 1 aliphatic heterocycles. The first-order valence-electron chi connectivity index (χ1n) is 8.53. The summed E-state index contributed by atoms with van der Waals surface area (Å²) in [5, 5.41) is 11.5. The number of anilines is 1. The Morgan fingerprint density at radius 3 is 2.63 bits per heavy atom. The molecule has 2 aromatic carbocycles. The minimum absolute atomic E-state index is 0.175. The number of hydrogen-bond donors (Lipinski definition) is 1. The van der Waals surface area contributed by atoms with Crippen molar-refractivity contribution in [3.63, 3.8) is 0 Å². The smallest absolute Gasteiger partial charge is 0.256 e. The van der Waals surface area contributed by atoms with Crippen LogP contribution in [-0.2, 0) is 10.0 Å². The minimum atomic E-state index is -3.54. The van der Waals surface area contributed by atoms with Gasteiger partial charge in [0.2, 0.25) is 10.0 Å². The highest BCUT2D eigenvalue weighted by Crippen LogP contribution is 2.25. The van der Waals surface area contributed by atoms with Gasteiger partial charge in [-0.15, -0.1) is 11.8 Å². The van der Waals surface area contributed by atoms with Crippen LogP contribution in [0.4, 0.5) is 5.69 Å². The van der Waals surface area contributed by atoms with Crippen molar-refractivity contribution in [2.45, 2.75) is 22.6 Å². The molecule has 0 saturated carbocycles. The van der Waals surface area contributed by atoms with E-state index in [9.17, 15) is 13.2 Å². The maximum Gasteiger partial charge on any atom is 0.256 e. The molecule has 0 aromatic heterocycles. The lowest BCUT2D eigenvalue weighted by molar-refractivity contribution is 0.102. The normalized spacial score (nSPS) is 14.6. The summed E-state index contributed by atoms with van der Waals surface area (Å²) in [7, 11) is -3.54. The SMILES string of the molecule is N#CCSc1ccccc1C(=O)Nc1cccc(S(=O)(=O)N2CCCC2)c1. The van der Waals surface area contributed by atoms with E-state index in [1.54, 1.807) is 42.5 Å². The van der Waals surface area contributed by atoms with Gasteiger partial charge in [-0.3, -0.25) is 4.79 Å². The molecule has 1 heterocycles. The number of nitrogens with zero attached hydrogens (tertiary/aromatic N) is 2. The molecule has 6 nitrogen and oxygen atoms in total. The average molecular weight is 402 g/mol. The molecule has 1 saturated heterocycles. The first-order chi connectivity index (χ1) is 13.0. The minimum Gasteiger partial charge on any atom is -0.322 e. The number of amides is 1. The third kappa shape index (κ3) is 4.50. The van der Waals surface area contributed by atoms with Crippen molar-refractivity contribution in [3.05, 3.63) is 54.1 Å². The van der Waals surface area contributed by atoms with Gasteiger partial charge in [0, 0.05) is 23.7 Å². The summed E-state index contributed by atoms with van der Waals surface area (Å²) < 4.78 is 26.9. The summed E-state index contributed by atoms with van der Waals surface area (Å²) in [6.07, 6.45) is 1.74. The summed E-state index contributed by atoms with van der Waals surface area (Å²) in [5.41, 5.74) is 0.867. The predicted molar refractivity (Wildman–Crippen MR) is 105 cm³/mol. The van der Waals surface area contributed by atoms with Gasteiger partial charge < -0.3 is 5.32 Å². The molecule has 1 aliphatic rings. The molecule has 3 rings (SSSR count). The summed E-state index contributed by atoms with van der Waals surface area (Å²) in [5.74, 6) is -0.0971. The summed E-state index contributed by atoms with van der Waals surface area (Å²) in [6.45, 7) is 1.06. The van der Waals surface area contributed by atoms with Crippen molar-refractivity contribution in [1.82, 2.24) is 4.31 Å². The van der Waals surface area contributed by atoms with Gasteiger partial charge in [0.25, 0.3) is 5.91 Å². The molecule has 2 aromatic rings. The summed E-state index contributed by atoms with van der Waals surface area (Å²) in [6, 6.07) is 15.4. The van der Waals surface area contributed by atoms with Crippen molar-refractivity contribution in [1.29, 1.82) is 5.26 Å². The number of carbonyl (C=O) groups excluding carboxylic acids is 1. The molecule has 0 spiro atoms. The number of thioether (sulfide) groups is 1. The summed E-state index contributed by atoms with van der Waals surface area (Å²) in [4.78, 5) is 13.5. The Kier molecular flexibility index (Phi) is 6.16. The van der Waals surface area contributed by atoms with E-state index in [4.69, 9.17) is 5.26 Å². The fourth-order valence-corrected chi connectivity index (χ4v) is 5.17. The highest BCUT2D eigenvalue weighted by molar-refractivity contribution is 7.99. The lowest BCUT2D eigenvalue weighted by atomic mass is 10.2. The summed E-state index contributed by atoms with van der Waals surface area (Å²) >= 11 is 1.29. The monoisotopic (exact) mass is 401 g/mol. The van der Waals surface area contributed by atoms with E-state index in [1.807, 2.05) is 6.07 Å². The first-order valence-corrected chi connectivity index (χ1v) is 11.0. The second-order valence-electron chi connectivity index (χ2n) is 6.04. The van der Waals surface area contributed by atoms with Crippen LogP contribution in [0, 0.1) is 11.3 Å². The number of carbonyl (C=O) groups is 1. The van der Waals surface area contributed by atoms with Crippen LogP contribution in [0.3, 0.4) is 0 Å². The van der Waals surface area contributed by atoms with Crippen molar-refractivity contribution in [3.8, 4) is 6.07 Å². The van der Waals surface area contributed by atoms with Gasteiger partial charge in [-0.2, -0.15) is 9.57 Å². The number of nitriles is 1. The molecule has 0 atom stereocenters. The molecule has 0 aliphatic carbocycles. The third-order valence-corrected chi connectivity index (χ3v) is 7.05. The maximum atomic E-state index is 12.7. The standard InChI is InChI=1S/C19H19N3O3S2/c20-10-13-26-18-9-2-1-8-17(18)19(23)21-15-6-5-7-16(14-15)27(24,25)22-11-3-4-12-22/h1-2,5-9,14H,3-4,11-13H2,(H,21,23). The molecule has 27 heavy (non-hydrogen) atoms. The Hall–Kier alpha value is -2.34. The van der Waals surface area contributed by atoms with Gasteiger partial charge in [-0.1, -0.05) is 18.2 Å². The fourth-order valence-electron chi connectivity index (χ4n) is 2.90. The van der Waals surface area contributed by atoms with E-state index >= 15 is 0 Å². The first kappa shape index (κ1) is 19.4. The molecule has 8 heteroatoms. The van der Waals surface area contributed by atoms with Crippen LogP contribution in [0.25, 0.3) is 0 Å². The molecule has 0 radical (unpaired) electrons. The quantitative estimate of drug-likeness (QED) is 0.750. The lowest BCUT2D eigenvalue weighted by Crippen LogP contribution is -2.27. The number of sulfonamides is 1. The van der Waals surface area contributed by atoms with Crippen LogP contribution in [0.1, 0.15) is 23.2 Å². The number of hydrogen-bond acceptors (Lipinski definition) is 5. The van der Waals surface area contributed by atoms with Crippen LogP contribution >= 0.6 is 11.8 Å².